The zero-order chi connectivity index (χ0) is 25.5. The molecular formula is C28H31N3O5. The Balaban J connectivity index is 1.50. The van der Waals surface area contributed by atoms with E-state index in [0.717, 1.165) is 29.5 Å². The standard InChI is InChI=1S/C28H31N3O5/c1-3-35-26(33)24-17-23(30-31-24)25(32)29-22(18-28(14-15-28)27(34)36-4-2)16-19-10-12-21(13-11-19)20-8-6-5-7-9-20/h5-13,17,22H,3-4,14-16,18H2,1-2H3,(H,29,32)(H,30,31). The van der Waals surface area contributed by atoms with Crippen LogP contribution in [0.3, 0.4) is 0 Å². The molecule has 1 aromatic heterocycles. The Hall–Kier alpha value is -3.94. The summed E-state index contributed by atoms with van der Waals surface area (Å²) in [5.74, 6) is -1.21. The summed E-state index contributed by atoms with van der Waals surface area (Å²) in [5, 5.41) is 9.55. The van der Waals surface area contributed by atoms with Gasteiger partial charge in [-0.3, -0.25) is 14.7 Å². The Bertz CT molecular complexity index is 1200. The van der Waals surface area contributed by atoms with Crippen LogP contribution in [0.4, 0.5) is 0 Å². The van der Waals surface area contributed by atoms with E-state index in [1.807, 2.05) is 30.3 Å². The number of benzene rings is 2. The van der Waals surface area contributed by atoms with Gasteiger partial charge in [0.25, 0.3) is 5.91 Å². The maximum atomic E-state index is 13.0. The van der Waals surface area contributed by atoms with Crippen LogP contribution in [-0.4, -0.2) is 47.3 Å². The maximum absolute atomic E-state index is 13.0. The van der Waals surface area contributed by atoms with Gasteiger partial charge in [0, 0.05) is 12.1 Å². The van der Waals surface area contributed by atoms with Crippen molar-refractivity contribution in [3.05, 3.63) is 77.6 Å². The fraction of sp³-hybridized carbons (Fsp3) is 0.357. The van der Waals surface area contributed by atoms with Gasteiger partial charge in [0.05, 0.1) is 18.6 Å². The molecule has 1 aliphatic rings. The van der Waals surface area contributed by atoms with Crippen LogP contribution in [0.15, 0.2) is 60.7 Å². The monoisotopic (exact) mass is 489 g/mol. The molecule has 1 aliphatic carbocycles. The fourth-order valence-electron chi connectivity index (χ4n) is 4.33. The lowest BCUT2D eigenvalue weighted by atomic mass is 9.92. The van der Waals surface area contributed by atoms with E-state index in [9.17, 15) is 14.4 Å². The van der Waals surface area contributed by atoms with Crippen LogP contribution in [0.5, 0.6) is 0 Å². The van der Waals surface area contributed by atoms with E-state index in [0.29, 0.717) is 19.4 Å². The molecular weight excluding hydrogens is 458 g/mol. The number of H-pyrrole nitrogens is 1. The predicted octanol–water partition coefficient (Wildman–Crippen LogP) is 4.33. The minimum atomic E-state index is -0.571. The summed E-state index contributed by atoms with van der Waals surface area (Å²) in [6.07, 6.45) is 2.48. The van der Waals surface area contributed by atoms with Gasteiger partial charge in [0.1, 0.15) is 5.69 Å². The first kappa shape index (κ1) is 25.2. The summed E-state index contributed by atoms with van der Waals surface area (Å²) >= 11 is 0. The number of carbonyl (C=O) groups excluding carboxylic acids is 3. The minimum Gasteiger partial charge on any atom is -0.466 e. The van der Waals surface area contributed by atoms with Gasteiger partial charge in [-0.15, -0.1) is 0 Å². The van der Waals surface area contributed by atoms with E-state index in [1.165, 1.54) is 6.07 Å². The fourth-order valence-corrected chi connectivity index (χ4v) is 4.33. The predicted molar refractivity (Wildman–Crippen MR) is 134 cm³/mol. The first-order valence-corrected chi connectivity index (χ1v) is 12.3. The van der Waals surface area contributed by atoms with Gasteiger partial charge in [0.15, 0.2) is 5.69 Å². The number of nitrogens with one attached hydrogen (secondary N) is 2. The molecule has 1 unspecified atom stereocenters. The third-order valence-corrected chi connectivity index (χ3v) is 6.38. The van der Waals surface area contributed by atoms with Crippen molar-refractivity contribution in [1.82, 2.24) is 15.5 Å². The van der Waals surface area contributed by atoms with Gasteiger partial charge >= 0.3 is 11.9 Å². The Labute approximate surface area is 210 Å². The molecule has 1 atom stereocenters. The number of amides is 1. The highest BCUT2D eigenvalue weighted by Crippen LogP contribution is 2.51. The lowest BCUT2D eigenvalue weighted by Gasteiger charge is -2.23. The first-order chi connectivity index (χ1) is 17.4. The van der Waals surface area contributed by atoms with Crippen molar-refractivity contribution in [3.8, 4) is 11.1 Å². The highest BCUT2D eigenvalue weighted by molar-refractivity contribution is 5.96. The second-order valence-electron chi connectivity index (χ2n) is 9.03. The van der Waals surface area contributed by atoms with Gasteiger partial charge in [0.2, 0.25) is 0 Å². The maximum Gasteiger partial charge on any atom is 0.356 e. The average molecular weight is 490 g/mol. The number of hydrogen-bond acceptors (Lipinski definition) is 6. The van der Waals surface area contributed by atoms with Crippen LogP contribution in [0, 0.1) is 5.41 Å². The molecule has 0 aliphatic heterocycles. The molecule has 4 rings (SSSR count). The quantitative estimate of drug-likeness (QED) is 0.388. The molecule has 2 N–H and O–H groups in total. The summed E-state index contributed by atoms with van der Waals surface area (Å²) in [4.78, 5) is 37.6. The van der Waals surface area contributed by atoms with Gasteiger partial charge in [-0.05, 0) is 56.2 Å². The zero-order valence-corrected chi connectivity index (χ0v) is 20.6. The Morgan fingerprint density at radius 3 is 2.28 bits per heavy atom. The van der Waals surface area contributed by atoms with Crippen molar-refractivity contribution in [3.63, 3.8) is 0 Å². The molecule has 3 aromatic rings. The van der Waals surface area contributed by atoms with E-state index in [2.05, 4.69) is 39.8 Å². The summed E-state index contributed by atoms with van der Waals surface area (Å²) in [7, 11) is 0. The van der Waals surface area contributed by atoms with Crippen molar-refractivity contribution in [2.75, 3.05) is 13.2 Å². The van der Waals surface area contributed by atoms with Crippen LogP contribution in [0.25, 0.3) is 11.1 Å². The topological polar surface area (TPSA) is 110 Å². The first-order valence-electron chi connectivity index (χ1n) is 12.3. The van der Waals surface area contributed by atoms with Crippen molar-refractivity contribution in [2.45, 2.75) is 45.6 Å². The third kappa shape index (κ3) is 6.00. The molecule has 2 aromatic carbocycles. The van der Waals surface area contributed by atoms with Crippen molar-refractivity contribution in [2.24, 2.45) is 5.41 Å². The molecule has 36 heavy (non-hydrogen) atoms. The second-order valence-corrected chi connectivity index (χ2v) is 9.03. The van der Waals surface area contributed by atoms with Gasteiger partial charge in [-0.2, -0.15) is 5.10 Å². The number of aromatic nitrogens is 2. The molecule has 188 valence electrons. The van der Waals surface area contributed by atoms with Crippen LogP contribution >= 0.6 is 0 Å². The van der Waals surface area contributed by atoms with Crippen LogP contribution in [0.1, 0.15) is 59.7 Å². The highest BCUT2D eigenvalue weighted by Gasteiger charge is 2.52. The van der Waals surface area contributed by atoms with Crippen LogP contribution in [0.2, 0.25) is 0 Å². The SMILES string of the molecule is CCOC(=O)c1cc(C(=O)NC(Cc2ccc(-c3ccccc3)cc2)CC2(C(=O)OCC)CC2)n[nH]1. The second kappa shape index (κ2) is 11.2. The zero-order valence-electron chi connectivity index (χ0n) is 20.6. The van der Waals surface area contributed by atoms with Crippen molar-refractivity contribution < 1.29 is 23.9 Å². The number of aromatic amines is 1. The van der Waals surface area contributed by atoms with Gasteiger partial charge < -0.3 is 14.8 Å². The van der Waals surface area contributed by atoms with Crippen LogP contribution < -0.4 is 5.32 Å². The Morgan fingerprint density at radius 2 is 1.64 bits per heavy atom. The largest absolute Gasteiger partial charge is 0.466 e. The molecule has 1 amide bonds. The molecule has 0 spiro atoms. The number of nitrogens with zero attached hydrogens (tertiary/aromatic N) is 1. The van der Waals surface area contributed by atoms with E-state index >= 15 is 0 Å². The summed E-state index contributed by atoms with van der Waals surface area (Å²) in [5.41, 5.74) is 2.90. The molecule has 1 saturated carbocycles. The number of esters is 2. The van der Waals surface area contributed by atoms with Crippen molar-refractivity contribution >= 4 is 17.8 Å². The molecule has 8 heteroatoms. The van der Waals surface area contributed by atoms with Gasteiger partial charge in [-0.25, -0.2) is 4.79 Å². The highest BCUT2D eigenvalue weighted by atomic mass is 16.5. The molecule has 0 radical (unpaired) electrons. The smallest absolute Gasteiger partial charge is 0.356 e. The average Bonchev–Trinajstić information content (AvgIpc) is 3.49. The Kier molecular flexibility index (Phi) is 7.83. The summed E-state index contributed by atoms with van der Waals surface area (Å²) in [6.45, 7) is 4.04. The molecule has 1 heterocycles. The number of carbonyl (C=O) groups is 3. The summed E-state index contributed by atoms with van der Waals surface area (Å²) in [6, 6.07) is 19.3. The third-order valence-electron chi connectivity index (χ3n) is 6.38. The number of rotatable bonds is 11. The molecule has 0 bridgehead atoms. The lowest BCUT2D eigenvalue weighted by Crippen LogP contribution is -2.40. The molecule has 8 nitrogen and oxygen atoms in total. The number of hydrogen-bond donors (Lipinski definition) is 2. The number of ether oxygens (including phenoxy) is 2. The molecule has 1 fully saturated rings. The molecule has 0 saturated heterocycles. The summed E-state index contributed by atoms with van der Waals surface area (Å²) < 4.78 is 10.3. The van der Waals surface area contributed by atoms with E-state index in [4.69, 9.17) is 9.47 Å². The Morgan fingerprint density at radius 1 is 0.972 bits per heavy atom. The van der Waals surface area contributed by atoms with E-state index in [1.54, 1.807) is 13.8 Å². The van der Waals surface area contributed by atoms with Crippen molar-refractivity contribution in [1.29, 1.82) is 0 Å². The van der Waals surface area contributed by atoms with E-state index < -0.39 is 17.3 Å². The lowest BCUT2D eigenvalue weighted by molar-refractivity contribution is -0.150. The minimum absolute atomic E-state index is 0.0865. The van der Waals surface area contributed by atoms with Crippen LogP contribution in [-0.2, 0) is 20.7 Å². The normalized spacial score (nSPS) is 14.5. The van der Waals surface area contributed by atoms with E-state index in [-0.39, 0.29) is 30.0 Å². The van der Waals surface area contributed by atoms with Gasteiger partial charge in [-0.1, -0.05) is 54.6 Å².